The number of thiazole rings is 1. The molecule has 0 spiro atoms. The molecule has 0 fully saturated rings. The lowest BCUT2D eigenvalue weighted by molar-refractivity contribution is 0.218. The molecule has 2 aromatic heterocycles. The van der Waals surface area contributed by atoms with E-state index in [9.17, 15) is 9.50 Å². The summed E-state index contributed by atoms with van der Waals surface area (Å²) in [5.41, 5.74) is 0.417. The fourth-order valence-corrected chi connectivity index (χ4v) is 1.74. The maximum Gasteiger partial charge on any atom is 0.141 e. The molecule has 0 saturated carbocycles. The number of aliphatic hydroxyl groups is 1. The normalized spacial score (nSPS) is 12.7. The number of rotatable bonds is 2. The summed E-state index contributed by atoms with van der Waals surface area (Å²) < 4.78 is 12.8. The van der Waals surface area contributed by atoms with Gasteiger partial charge in [0, 0.05) is 23.3 Å². The Morgan fingerprint density at radius 1 is 1.43 bits per heavy atom. The van der Waals surface area contributed by atoms with E-state index in [1.54, 1.807) is 11.6 Å². The van der Waals surface area contributed by atoms with Crippen LogP contribution in [0.2, 0.25) is 0 Å². The van der Waals surface area contributed by atoms with Crippen molar-refractivity contribution in [2.45, 2.75) is 6.10 Å². The largest absolute Gasteiger partial charge is 0.381 e. The second kappa shape index (κ2) is 3.81. The van der Waals surface area contributed by atoms with Crippen LogP contribution in [0.5, 0.6) is 0 Å². The van der Waals surface area contributed by atoms with E-state index in [4.69, 9.17) is 0 Å². The first kappa shape index (κ1) is 9.23. The predicted octanol–water partition coefficient (Wildman–Crippen LogP) is 1.76. The second-order valence-electron chi connectivity index (χ2n) is 2.71. The maximum atomic E-state index is 12.8. The lowest BCUT2D eigenvalue weighted by atomic mass is 10.2. The molecule has 5 heteroatoms. The summed E-state index contributed by atoms with van der Waals surface area (Å²) >= 11 is 1.32. The zero-order chi connectivity index (χ0) is 9.97. The summed E-state index contributed by atoms with van der Waals surface area (Å²) in [5.74, 6) is -0.460. The molecule has 0 aliphatic rings. The van der Waals surface area contributed by atoms with Crippen molar-refractivity contribution in [1.29, 1.82) is 0 Å². The van der Waals surface area contributed by atoms with Crippen LogP contribution in [0.3, 0.4) is 0 Å². The van der Waals surface area contributed by atoms with Gasteiger partial charge in [-0.15, -0.1) is 11.3 Å². The molecule has 0 amide bonds. The van der Waals surface area contributed by atoms with Gasteiger partial charge in [-0.2, -0.15) is 0 Å². The minimum Gasteiger partial charge on any atom is -0.381 e. The number of hydrogen-bond donors (Lipinski definition) is 1. The molecular weight excluding hydrogens is 203 g/mol. The Balaban J connectivity index is 2.32. The van der Waals surface area contributed by atoms with Crippen LogP contribution in [0.25, 0.3) is 0 Å². The smallest absolute Gasteiger partial charge is 0.141 e. The van der Waals surface area contributed by atoms with Gasteiger partial charge in [0.2, 0.25) is 0 Å². The van der Waals surface area contributed by atoms with Gasteiger partial charge in [0.25, 0.3) is 0 Å². The van der Waals surface area contributed by atoms with E-state index in [2.05, 4.69) is 9.97 Å². The zero-order valence-electron chi connectivity index (χ0n) is 7.09. The van der Waals surface area contributed by atoms with Crippen LogP contribution in [-0.4, -0.2) is 15.1 Å². The van der Waals surface area contributed by atoms with Gasteiger partial charge in [0.15, 0.2) is 0 Å². The number of halogens is 1. The van der Waals surface area contributed by atoms with Crippen molar-refractivity contribution >= 4 is 11.3 Å². The van der Waals surface area contributed by atoms with Gasteiger partial charge in [0.1, 0.15) is 16.9 Å². The molecule has 72 valence electrons. The van der Waals surface area contributed by atoms with Gasteiger partial charge in [-0.25, -0.2) is 9.37 Å². The van der Waals surface area contributed by atoms with Gasteiger partial charge in [-0.05, 0) is 6.07 Å². The number of hydrogen-bond acceptors (Lipinski definition) is 4. The fraction of sp³-hybridized carbons (Fsp3) is 0.111. The van der Waals surface area contributed by atoms with Crippen molar-refractivity contribution in [3.05, 3.63) is 46.4 Å². The zero-order valence-corrected chi connectivity index (χ0v) is 7.91. The Morgan fingerprint density at radius 2 is 2.29 bits per heavy atom. The predicted molar refractivity (Wildman–Crippen MR) is 50.4 cm³/mol. The van der Waals surface area contributed by atoms with Crippen LogP contribution in [-0.2, 0) is 0 Å². The van der Waals surface area contributed by atoms with Gasteiger partial charge in [-0.1, -0.05) is 0 Å². The Labute approximate surface area is 83.9 Å². The minimum atomic E-state index is -0.891. The van der Waals surface area contributed by atoms with Crippen molar-refractivity contribution in [3.63, 3.8) is 0 Å². The van der Waals surface area contributed by atoms with Crippen molar-refractivity contribution in [2.75, 3.05) is 0 Å². The first-order valence-corrected chi connectivity index (χ1v) is 4.83. The standard InChI is InChI=1S/C9H7FN2OS/c10-7-3-6(4-11-5-7)8(13)9-12-1-2-14-9/h1-5,8,13H. The molecule has 0 aliphatic heterocycles. The topological polar surface area (TPSA) is 46.0 Å². The van der Waals surface area contributed by atoms with Crippen molar-refractivity contribution in [3.8, 4) is 0 Å². The first-order chi connectivity index (χ1) is 6.77. The SMILES string of the molecule is OC(c1cncc(F)c1)c1nccs1. The molecule has 0 bridgehead atoms. The molecule has 0 aromatic carbocycles. The molecule has 0 radical (unpaired) electrons. The highest BCUT2D eigenvalue weighted by molar-refractivity contribution is 7.09. The average Bonchev–Trinajstić information content (AvgIpc) is 2.69. The average molecular weight is 210 g/mol. The summed E-state index contributed by atoms with van der Waals surface area (Å²) in [6.07, 6.45) is 3.22. The summed E-state index contributed by atoms with van der Waals surface area (Å²) in [6, 6.07) is 1.25. The highest BCUT2D eigenvalue weighted by Crippen LogP contribution is 2.22. The van der Waals surface area contributed by atoms with Gasteiger partial charge in [-0.3, -0.25) is 4.98 Å². The van der Waals surface area contributed by atoms with Gasteiger partial charge >= 0.3 is 0 Å². The van der Waals surface area contributed by atoms with Crippen molar-refractivity contribution in [2.24, 2.45) is 0 Å². The van der Waals surface area contributed by atoms with Crippen molar-refractivity contribution < 1.29 is 9.50 Å². The monoisotopic (exact) mass is 210 g/mol. The number of aliphatic hydroxyl groups excluding tert-OH is 1. The maximum absolute atomic E-state index is 12.8. The molecule has 14 heavy (non-hydrogen) atoms. The fourth-order valence-electron chi connectivity index (χ4n) is 1.09. The second-order valence-corrected chi connectivity index (χ2v) is 3.64. The number of aromatic nitrogens is 2. The molecule has 1 atom stereocenters. The Bertz CT molecular complexity index is 419. The number of nitrogens with zero attached hydrogens (tertiary/aromatic N) is 2. The molecule has 1 N–H and O–H groups in total. The lowest BCUT2D eigenvalue weighted by Crippen LogP contribution is -1.99. The lowest BCUT2D eigenvalue weighted by Gasteiger charge is -2.06. The third-order valence-corrected chi connectivity index (χ3v) is 2.56. The Hall–Kier alpha value is -1.33. The van der Waals surface area contributed by atoms with Crippen LogP contribution >= 0.6 is 11.3 Å². The van der Waals surface area contributed by atoms with Crippen LogP contribution < -0.4 is 0 Å². The molecule has 0 saturated heterocycles. The van der Waals surface area contributed by atoms with Crippen molar-refractivity contribution in [1.82, 2.24) is 9.97 Å². The molecule has 2 heterocycles. The molecule has 3 nitrogen and oxygen atoms in total. The van der Waals surface area contributed by atoms with E-state index in [-0.39, 0.29) is 0 Å². The minimum absolute atomic E-state index is 0.417. The van der Waals surface area contributed by atoms with E-state index in [0.717, 1.165) is 6.20 Å². The highest BCUT2D eigenvalue weighted by atomic mass is 32.1. The first-order valence-electron chi connectivity index (χ1n) is 3.95. The summed E-state index contributed by atoms with van der Waals surface area (Å²) in [7, 11) is 0. The van der Waals surface area contributed by atoms with E-state index in [1.165, 1.54) is 23.6 Å². The van der Waals surface area contributed by atoms with Crippen LogP contribution in [0.4, 0.5) is 4.39 Å². The third kappa shape index (κ3) is 1.78. The van der Waals surface area contributed by atoms with E-state index >= 15 is 0 Å². The van der Waals surface area contributed by atoms with Crippen LogP contribution in [0.15, 0.2) is 30.0 Å². The number of pyridine rings is 1. The quantitative estimate of drug-likeness (QED) is 0.821. The van der Waals surface area contributed by atoms with Crippen LogP contribution in [0, 0.1) is 5.82 Å². The Kier molecular flexibility index (Phi) is 2.51. The van der Waals surface area contributed by atoms with E-state index in [1.807, 2.05) is 0 Å². The van der Waals surface area contributed by atoms with Gasteiger partial charge < -0.3 is 5.11 Å². The molecule has 2 aromatic rings. The summed E-state index contributed by atoms with van der Waals surface area (Å²) in [5, 5.41) is 12.0. The molecule has 0 aliphatic carbocycles. The third-order valence-electron chi connectivity index (χ3n) is 1.73. The summed E-state index contributed by atoms with van der Waals surface area (Å²) in [4.78, 5) is 7.60. The van der Waals surface area contributed by atoms with Gasteiger partial charge in [0.05, 0.1) is 6.20 Å². The summed E-state index contributed by atoms with van der Waals surface area (Å²) in [6.45, 7) is 0. The molecular formula is C9H7FN2OS. The highest BCUT2D eigenvalue weighted by Gasteiger charge is 2.13. The van der Waals surface area contributed by atoms with Crippen LogP contribution in [0.1, 0.15) is 16.7 Å². The van der Waals surface area contributed by atoms with E-state index < -0.39 is 11.9 Å². The Morgan fingerprint density at radius 3 is 2.93 bits per heavy atom. The molecule has 1 unspecified atom stereocenters. The van der Waals surface area contributed by atoms with E-state index in [0.29, 0.717) is 10.6 Å². The molecule has 2 rings (SSSR count).